The first-order valence-corrected chi connectivity index (χ1v) is 8.57. The highest BCUT2D eigenvalue weighted by molar-refractivity contribution is 5.69. The van der Waals surface area contributed by atoms with Gasteiger partial charge in [-0.3, -0.25) is 4.79 Å². The van der Waals surface area contributed by atoms with E-state index >= 15 is 0 Å². The van der Waals surface area contributed by atoms with Gasteiger partial charge in [-0.15, -0.1) is 0 Å². The number of piperidine rings is 1. The average Bonchev–Trinajstić information content (AvgIpc) is 2.44. The summed E-state index contributed by atoms with van der Waals surface area (Å²) in [6.45, 7) is 10.9. The predicted octanol–water partition coefficient (Wildman–Crippen LogP) is 2.68. The molecule has 124 valence electrons. The monoisotopic (exact) mass is 298 g/mol. The largest absolute Gasteiger partial charge is 0.469 e. The quantitative estimate of drug-likeness (QED) is 0.665. The summed E-state index contributed by atoms with van der Waals surface area (Å²) in [5.74, 6) is 1.41. The summed E-state index contributed by atoms with van der Waals surface area (Å²) < 4.78 is 4.75. The number of nitrogens with zero attached hydrogens (tertiary/aromatic N) is 1. The van der Waals surface area contributed by atoms with E-state index in [1.807, 2.05) is 0 Å². The maximum absolute atomic E-state index is 11.3. The van der Waals surface area contributed by atoms with Crippen LogP contribution in [0.2, 0.25) is 0 Å². The molecule has 0 aromatic carbocycles. The first-order chi connectivity index (χ1) is 10.0. The molecule has 4 nitrogen and oxygen atoms in total. The number of nitrogens with one attached hydrogen (secondary N) is 1. The Labute approximate surface area is 130 Å². The van der Waals surface area contributed by atoms with Gasteiger partial charge in [0.2, 0.25) is 0 Å². The van der Waals surface area contributed by atoms with Crippen molar-refractivity contribution in [3.63, 3.8) is 0 Å². The average molecular weight is 298 g/mol. The van der Waals surface area contributed by atoms with E-state index in [0.29, 0.717) is 12.5 Å². The first-order valence-electron chi connectivity index (χ1n) is 8.57. The van der Waals surface area contributed by atoms with E-state index < -0.39 is 0 Å². The van der Waals surface area contributed by atoms with E-state index in [9.17, 15) is 4.79 Å². The molecule has 1 N–H and O–H groups in total. The maximum atomic E-state index is 11.3. The summed E-state index contributed by atoms with van der Waals surface area (Å²) in [6.07, 6.45) is 5.55. The van der Waals surface area contributed by atoms with Crippen molar-refractivity contribution in [2.24, 2.45) is 11.8 Å². The van der Waals surface area contributed by atoms with Gasteiger partial charge >= 0.3 is 5.97 Å². The minimum absolute atomic E-state index is 0.100. The van der Waals surface area contributed by atoms with Crippen LogP contribution in [0.3, 0.4) is 0 Å². The Hall–Kier alpha value is -0.610. The van der Waals surface area contributed by atoms with Crippen LogP contribution in [-0.4, -0.2) is 50.2 Å². The van der Waals surface area contributed by atoms with Crippen molar-refractivity contribution in [2.45, 2.75) is 58.9 Å². The first kappa shape index (κ1) is 18.4. The van der Waals surface area contributed by atoms with Gasteiger partial charge < -0.3 is 15.0 Å². The van der Waals surface area contributed by atoms with Crippen molar-refractivity contribution in [2.75, 3.05) is 33.3 Å². The summed E-state index contributed by atoms with van der Waals surface area (Å²) in [5, 5.41) is 3.72. The molecule has 1 saturated heterocycles. The second-order valence-electron chi connectivity index (χ2n) is 6.81. The van der Waals surface area contributed by atoms with Gasteiger partial charge in [0, 0.05) is 25.7 Å². The van der Waals surface area contributed by atoms with E-state index in [1.54, 1.807) is 0 Å². The van der Waals surface area contributed by atoms with Crippen molar-refractivity contribution in [1.82, 2.24) is 10.2 Å². The number of esters is 1. The molecular formula is C17H34N2O2. The molecule has 0 saturated carbocycles. The van der Waals surface area contributed by atoms with Gasteiger partial charge in [0.25, 0.3) is 0 Å². The molecule has 1 fully saturated rings. The van der Waals surface area contributed by atoms with E-state index in [2.05, 4.69) is 31.0 Å². The lowest BCUT2D eigenvalue weighted by Crippen LogP contribution is -2.50. The smallest absolute Gasteiger partial charge is 0.306 e. The topological polar surface area (TPSA) is 41.6 Å². The normalized spacial score (nSPS) is 23.5. The maximum Gasteiger partial charge on any atom is 0.306 e. The molecule has 0 aromatic heterocycles. The number of likely N-dealkylation sites (tertiary alicyclic amines) is 1. The van der Waals surface area contributed by atoms with Crippen LogP contribution in [0.25, 0.3) is 0 Å². The van der Waals surface area contributed by atoms with Gasteiger partial charge in [0.1, 0.15) is 0 Å². The predicted molar refractivity (Wildman–Crippen MR) is 87.3 cm³/mol. The Balaban J connectivity index is 2.41. The second kappa shape index (κ2) is 10.2. The molecule has 0 bridgehead atoms. The molecule has 1 aliphatic rings. The number of hydrogen-bond acceptors (Lipinski definition) is 4. The number of hydrogen-bond donors (Lipinski definition) is 1. The number of carbonyl (C=O) groups is 1. The van der Waals surface area contributed by atoms with Crippen LogP contribution in [0, 0.1) is 11.8 Å². The highest BCUT2D eigenvalue weighted by Crippen LogP contribution is 2.21. The number of carbonyl (C=O) groups excluding carboxylic acids is 1. The van der Waals surface area contributed by atoms with Crippen LogP contribution in [0.4, 0.5) is 0 Å². The van der Waals surface area contributed by atoms with Gasteiger partial charge in [0.15, 0.2) is 0 Å². The van der Waals surface area contributed by atoms with E-state index in [4.69, 9.17) is 4.74 Å². The summed E-state index contributed by atoms with van der Waals surface area (Å²) >= 11 is 0. The molecule has 0 aliphatic carbocycles. The molecule has 4 heteroatoms. The zero-order chi connectivity index (χ0) is 15.7. The van der Waals surface area contributed by atoms with Crippen molar-refractivity contribution >= 4 is 5.97 Å². The third-order valence-electron chi connectivity index (χ3n) is 4.32. The van der Waals surface area contributed by atoms with E-state index in [1.165, 1.54) is 32.8 Å². The molecule has 1 aliphatic heterocycles. The molecule has 1 rings (SSSR count). The van der Waals surface area contributed by atoms with Crippen LogP contribution in [0.15, 0.2) is 0 Å². The summed E-state index contributed by atoms with van der Waals surface area (Å²) in [6, 6.07) is 0.576. The lowest BCUT2D eigenvalue weighted by molar-refractivity contribution is -0.141. The molecule has 0 spiro atoms. The Bertz CT molecular complexity index is 295. The van der Waals surface area contributed by atoms with Gasteiger partial charge in [-0.25, -0.2) is 0 Å². The summed E-state index contributed by atoms with van der Waals surface area (Å²) in [5.41, 5.74) is 0. The van der Waals surface area contributed by atoms with Crippen molar-refractivity contribution in [1.29, 1.82) is 0 Å². The summed E-state index contributed by atoms with van der Waals surface area (Å²) in [7, 11) is 1.47. The van der Waals surface area contributed by atoms with Gasteiger partial charge in [0.05, 0.1) is 13.5 Å². The molecule has 0 radical (unpaired) electrons. The van der Waals surface area contributed by atoms with Crippen molar-refractivity contribution < 1.29 is 9.53 Å². The molecule has 21 heavy (non-hydrogen) atoms. The summed E-state index contributed by atoms with van der Waals surface area (Å²) in [4.78, 5) is 13.8. The number of methoxy groups -OCH3 is 1. The standard InChI is InChI=1S/C17H34N2O2/c1-5-6-15-11-16(18-9-7-14(2)3)13-19(12-15)10-8-17(20)21-4/h14-16,18H,5-13H2,1-4H3. The van der Waals surface area contributed by atoms with Crippen molar-refractivity contribution in [3.8, 4) is 0 Å². The molecule has 0 aromatic rings. The minimum atomic E-state index is -0.100. The van der Waals surface area contributed by atoms with Gasteiger partial charge in [-0.2, -0.15) is 0 Å². The fourth-order valence-electron chi connectivity index (χ4n) is 3.18. The fourth-order valence-corrected chi connectivity index (χ4v) is 3.18. The van der Waals surface area contributed by atoms with Gasteiger partial charge in [-0.05, 0) is 37.6 Å². The Kier molecular flexibility index (Phi) is 8.93. The SMILES string of the molecule is CCCC1CC(NCCC(C)C)CN(CCC(=O)OC)C1. The number of ether oxygens (including phenoxy) is 1. The van der Waals surface area contributed by atoms with Crippen LogP contribution in [0.1, 0.15) is 52.9 Å². The van der Waals surface area contributed by atoms with Crippen LogP contribution >= 0.6 is 0 Å². The third kappa shape index (κ3) is 7.82. The second-order valence-corrected chi connectivity index (χ2v) is 6.81. The lowest BCUT2D eigenvalue weighted by Gasteiger charge is -2.38. The Morgan fingerprint density at radius 1 is 1.38 bits per heavy atom. The minimum Gasteiger partial charge on any atom is -0.469 e. The molecule has 0 amide bonds. The lowest BCUT2D eigenvalue weighted by atomic mass is 9.90. The van der Waals surface area contributed by atoms with Gasteiger partial charge in [-0.1, -0.05) is 27.2 Å². The zero-order valence-corrected chi connectivity index (χ0v) is 14.4. The van der Waals surface area contributed by atoms with Crippen molar-refractivity contribution in [3.05, 3.63) is 0 Å². The highest BCUT2D eigenvalue weighted by Gasteiger charge is 2.26. The van der Waals surface area contributed by atoms with Crippen LogP contribution in [0.5, 0.6) is 0 Å². The Morgan fingerprint density at radius 3 is 2.76 bits per heavy atom. The van der Waals surface area contributed by atoms with Crippen LogP contribution in [-0.2, 0) is 9.53 Å². The number of rotatable bonds is 9. The molecule has 2 unspecified atom stereocenters. The highest BCUT2D eigenvalue weighted by atomic mass is 16.5. The van der Waals surface area contributed by atoms with E-state index in [-0.39, 0.29) is 5.97 Å². The fraction of sp³-hybridized carbons (Fsp3) is 0.941. The van der Waals surface area contributed by atoms with E-state index in [0.717, 1.165) is 38.0 Å². The zero-order valence-electron chi connectivity index (χ0n) is 14.4. The molecular weight excluding hydrogens is 264 g/mol. The third-order valence-corrected chi connectivity index (χ3v) is 4.32. The molecule has 1 heterocycles. The van der Waals surface area contributed by atoms with Crippen LogP contribution < -0.4 is 5.32 Å². The molecule has 2 atom stereocenters. The Morgan fingerprint density at radius 2 is 2.14 bits per heavy atom.